The zero-order valence-electron chi connectivity index (χ0n) is 16.7. The number of pyridine rings is 1. The number of anilines is 1. The van der Waals surface area contributed by atoms with Gasteiger partial charge in [0.1, 0.15) is 0 Å². The van der Waals surface area contributed by atoms with Crippen LogP contribution in [0.1, 0.15) is 51.3 Å². The fraction of sp³-hybridized carbons (Fsp3) is 0.208. The average molecular weight is 387 g/mol. The van der Waals surface area contributed by atoms with Crippen molar-refractivity contribution >= 4 is 17.5 Å². The number of carbonyl (C=O) groups is 2. The number of para-hydroxylation sites is 1. The van der Waals surface area contributed by atoms with E-state index in [2.05, 4.69) is 29.5 Å². The first-order chi connectivity index (χ1) is 14.1. The molecule has 0 fully saturated rings. The molecule has 2 amide bonds. The second kappa shape index (κ2) is 9.64. The molecule has 2 aromatic carbocycles. The number of hydrogen-bond donors (Lipinski definition) is 2. The van der Waals surface area contributed by atoms with Crippen molar-refractivity contribution in [1.82, 2.24) is 10.3 Å². The number of aromatic nitrogens is 1. The summed E-state index contributed by atoms with van der Waals surface area (Å²) in [5.74, 6) is -0.537. The van der Waals surface area contributed by atoms with Gasteiger partial charge in [-0.15, -0.1) is 0 Å². The third-order valence-electron chi connectivity index (χ3n) is 4.80. The molecular weight excluding hydrogens is 362 g/mol. The van der Waals surface area contributed by atoms with Gasteiger partial charge in [0, 0.05) is 24.6 Å². The second-order valence-electron chi connectivity index (χ2n) is 6.74. The van der Waals surface area contributed by atoms with Gasteiger partial charge < -0.3 is 10.6 Å². The normalized spacial score (nSPS) is 10.4. The van der Waals surface area contributed by atoms with Crippen LogP contribution in [0.25, 0.3) is 0 Å². The Morgan fingerprint density at radius 1 is 0.828 bits per heavy atom. The van der Waals surface area contributed by atoms with E-state index in [-0.39, 0.29) is 11.8 Å². The summed E-state index contributed by atoms with van der Waals surface area (Å²) < 4.78 is 0. The Morgan fingerprint density at radius 2 is 1.45 bits per heavy atom. The Balaban J connectivity index is 1.74. The SMILES string of the molecule is CCc1cccc(CC)c1NC(=O)c1cncc(C(=O)NCc2ccccc2)c1. The molecule has 1 aromatic heterocycles. The van der Waals surface area contributed by atoms with Crippen molar-refractivity contribution < 1.29 is 9.59 Å². The van der Waals surface area contributed by atoms with Crippen LogP contribution in [-0.2, 0) is 19.4 Å². The van der Waals surface area contributed by atoms with E-state index >= 15 is 0 Å². The zero-order chi connectivity index (χ0) is 20.6. The highest BCUT2D eigenvalue weighted by Gasteiger charge is 2.14. The molecule has 0 aliphatic carbocycles. The highest BCUT2D eigenvalue weighted by molar-refractivity contribution is 6.06. The first kappa shape index (κ1) is 20.3. The smallest absolute Gasteiger partial charge is 0.257 e. The van der Waals surface area contributed by atoms with Crippen molar-refractivity contribution in [2.24, 2.45) is 0 Å². The van der Waals surface area contributed by atoms with Gasteiger partial charge in [0.25, 0.3) is 11.8 Å². The summed E-state index contributed by atoms with van der Waals surface area (Å²) in [6, 6.07) is 17.3. The highest BCUT2D eigenvalue weighted by atomic mass is 16.2. The van der Waals surface area contributed by atoms with E-state index in [4.69, 9.17) is 0 Å². The van der Waals surface area contributed by atoms with Gasteiger partial charge in [-0.25, -0.2) is 0 Å². The van der Waals surface area contributed by atoms with Crippen molar-refractivity contribution in [3.05, 3.63) is 94.8 Å². The lowest BCUT2D eigenvalue weighted by Crippen LogP contribution is -2.23. The van der Waals surface area contributed by atoms with Crippen molar-refractivity contribution in [1.29, 1.82) is 0 Å². The predicted octanol–water partition coefficient (Wildman–Crippen LogP) is 4.39. The molecule has 0 radical (unpaired) electrons. The Kier molecular flexibility index (Phi) is 6.74. The number of benzene rings is 2. The number of nitrogens with one attached hydrogen (secondary N) is 2. The third-order valence-corrected chi connectivity index (χ3v) is 4.80. The third kappa shape index (κ3) is 5.08. The zero-order valence-corrected chi connectivity index (χ0v) is 16.7. The molecule has 1 heterocycles. The largest absolute Gasteiger partial charge is 0.348 e. The Labute approximate surface area is 171 Å². The standard InChI is InChI=1S/C24H25N3O2/c1-3-18-11-8-12-19(4-2)22(18)27-24(29)21-13-20(15-25-16-21)23(28)26-14-17-9-6-5-7-10-17/h5-13,15-16H,3-4,14H2,1-2H3,(H,26,28)(H,27,29). The molecule has 5 heteroatoms. The molecule has 0 spiro atoms. The minimum Gasteiger partial charge on any atom is -0.348 e. The van der Waals surface area contributed by atoms with E-state index in [0.29, 0.717) is 17.7 Å². The molecule has 3 rings (SSSR count). The minimum atomic E-state index is -0.272. The van der Waals surface area contributed by atoms with Crippen LogP contribution in [0.4, 0.5) is 5.69 Å². The summed E-state index contributed by atoms with van der Waals surface area (Å²) in [5, 5.41) is 5.87. The fourth-order valence-electron chi connectivity index (χ4n) is 3.16. The molecule has 3 aromatic rings. The number of rotatable bonds is 7. The molecule has 0 atom stereocenters. The van der Waals surface area contributed by atoms with Crippen LogP contribution < -0.4 is 10.6 Å². The first-order valence-electron chi connectivity index (χ1n) is 9.81. The van der Waals surface area contributed by atoms with Gasteiger partial charge in [-0.2, -0.15) is 0 Å². The first-order valence-corrected chi connectivity index (χ1v) is 9.81. The van der Waals surface area contributed by atoms with Gasteiger partial charge in [0.2, 0.25) is 0 Å². The Bertz CT molecular complexity index is 978. The summed E-state index contributed by atoms with van der Waals surface area (Å²) in [4.78, 5) is 29.4. The number of carbonyl (C=O) groups excluding carboxylic acids is 2. The summed E-state index contributed by atoms with van der Waals surface area (Å²) in [5.41, 5.74) is 4.73. The molecule has 5 nitrogen and oxygen atoms in total. The van der Waals surface area contributed by atoms with E-state index in [0.717, 1.165) is 35.2 Å². The maximum absolute atomic E-state index is 12.8. The van der Waals surface area contributed by atoms with Crippen molar-refractivity contribution in [2.75, 3.05) is 5.32 Å². The van der Waals surface area contributed by atoms with Crippen LogP contribution in [0.5, 0.6) is 0 Å². The van der Waals surface area contributed by atoms with Crippen LogP contribution in [0, 0.1) is 0 Å². The van der Waals surface area contributed by atoms with E-state index in [1.807, 2.05) is 48.5 Å². The van der Waals surface area contributed by atoms with Crippen molar-refractivity contribution in [3.8, 4) is 0 Å². The molecule has 0 unspecified atom stereocenters. The Morgan fingerprint density at radius 3 is 2.07 bits per heavy atom. The van der Waals surface area contributed by atoms with Crippen molar-refractivity contribution in [2.45, 2.75) is 33.2 Å². The number of aryl methyl sites for hydroxylation is 2. The lowest BCUT2D eigenvalue weighted by Gasteiger charge is -2.14. The lowest BCUT2D eigenvalue weighted by molar-refractivity contribution is 0.0950. The van der Waals surface area contributed by atoms with E-state index in [1.165, 1.54) is 12.4 Å². The Hall–Kier alpha value is -3.47. The van der Waals surface area contributed by atoms with Gasteiger partial charge in [-0.3, -0.25) is 14.6 Å². The number of hydrogen-bond acceptors (Lipinski definition) is 3. The number of amides is 2. The van der Waals surface area contributed by atoms with Gasteiger partial charge in [0.05, 0.1) is 11.1 Å². The van der Waals surface area contributed by atoms with Crippen LogP contribution in [0.3, 0.4) is 0 Å². The summed E-state index contributed by atoms with van der Waals surface area (Å²) in [7, 11) is 0. The summed E-state index contributed by atoms with van der Waals surface area (Å²) >= 11 is 0. The topological polar surface area (TPSA) is 71.1 Å². The molecular formula is C24H25N3O2. The minimum absolute atomic E-state index is 0.265. The molecule has 0 saturated heterocycles. The maximum atomic E-state index is 12.8. The van der Waals surface area contributed by atoms with Crippen molar-refractivity contribution in [3.63, 3.8) is 0 Å². The van der Waals surface area contributed by atoms with Gasteiger partial charge >= 0.3 is 0 Å². The van der Waals surface area contributed by atoms with E-state index in [9.17, 15) is 9.59 Å². The molecule has 148 valence electrons. The quantitative estimate of drug-likeness (QED) is 0.632. The monoisotopic (exact) mass is 387 g/mol. The molecule has 0 saturated carbocycles. The summed E-state index contributed by atoms with van der Waals surface area (Å²) in [6.07, 6.45) is 4.59. The molecule has 0 aliphatic rings. The summed E-state index contributed by atoms with van der Waals surface area (Å²) in [6.45, 7) is 4.53. The molecule has 29 heavy (non-hydrogen) atoms. The number of nitrogens with zero attached hydrogens (tertiary/aromatic N) is 1. The van der Waals surface area contributed by atoms with Crippen LogP contribution in [0.2, 0.25) is 0 Å². The second-order valence-corrected chi connectivity index (χ2v) is 6.74. The molecule has 0 aliphatic heterocycles. The van der Waals surface area contributed by atoms with Gasteiger partial charge in [-0.05, 0) is 35.6 Å². The molecule has 0 bridgehead atoms. The van der Waals surface area contributed by atoms with E-state index < -0.39 is 0 Å². The van der Waals surface area contributed by atoms with Crippen LogP contribution >= 0.6 is 0 Å². The van der Waals surface area contributed by atoms with Crippen LogP contribution in [0.15, 0.2) is 67.0 Å². The van der Waals surface area contributed by atoms with Gasteiger partial charge in [-0.1, -0.05) is 62.4 Å². The average Bonchev–Trinajstić information content (AvgIpc) is 2.78. The highest BCUT2D eigenvalue weighted by Crippen LogP contribution is 2.23. The predicted molar refractivity (Wildman–Crippen MR) is 115 cm³/mol. The maximum Gasteiger partial charge on any atom is 0.257 e. The van der Waals surface area contributed by atoms with Gasteiger partial charge in [0.15, 0.2) is 0 Å². The molecule has 2 N–H and O–H groups in total. The lowest BCUT2D eigenvalue weighted by atomic mass is 10.0. The van der Waals surface area contributed by atoms with Crippen LogP contribution in [-0.4, -0.2) is 16.8 Å². The van der Waals surface area contributed by atoms with E-state index in [1.54, 1.807) is 6.07 Å². The fourth-order valence-corrected chi connectivity index (χ4v) is 3.16.